The average Bonchev–Trinajstić information content (AvgIpc) is 2.36. The second-order valence-electron chi connectivity index (χ2n) is 5.61. The Kier molecular flexibility index (Phi) is 5.21. The fourth-order valence-electron chi connectivity index (χ4n) is 2.02. The molecule has 0 unspecified atom stereocenters. The molecule has 0 aromatic carbocycles. The number of esters is 1. The van der Waals surface area contributed by atoms with E-state index in [-0.39, 0.29) is 12.6 Å². The zero-order valence-corrected chi connectivity index (χ0v) is 12.2. The largest absolute Gasteiger partial charge is 0.467 e. The van der Waals surface area contributed by atoms with Gasteiger partial charge in [0.15, 0.2) is 0 Å². The summed E-state index contributed by atoms with van der Waals surface area (Å²) in [5.41, 5.74) is 7.82. The number of methoxy groups -OCH3 is 1. The lowest BCUT2D eigenvalue weighted by Gasteiger charge is -2.37. The van der Waals surface area contributed by atoms with E-state index in [2.05, 4.69) is 10.0 Å². The Labute approximate surface area is 117 Å². The first-order valence-electron chi connectivity index (χ1n) is 6.40. The van der Waals surface area contributed by atoms with E-state index < -0.39 is 23.7 Å². The summed E-state index contributed by atoms with van der Waals surface area (Å²) < 4.78 is 9.98. The predicted octanol–water partition coefficient (Wildman–Crippen LogP) is 2.24. The summed E-state index contributed by atoms with van der Waals surface area (Å²) in [4.78, 5) is 27.9. The molecule has 8 nitrogen and oxygen atoms in total. The Hall–Kier alpha value is -1.95. The van der Waals surface area contributed by atoms with Gasteiger partial charge < -0.3 is 9.47 Å². The number of ether oxygens (including phenoxy) is 2. The van der Waals surface area contributed by atoms with Crippen LogP contribution in [0.3, 0.4) is 0 Å². The lowest BCUT2D eigenvalue weighted by Crippen LogP contribution is -2.53. The summed E-state index contributed by atoms with van der Waals surface area (Å²) >= 11 is 0. The van der Waals surface area contributed by atoms with Crippen molar-refractivity contribution in [2.75, 3.05) is 13.7 Å². The number of rotatable bonds is 2. The molecule has 0 aromatic rings. The number of piperidine rings is 1. The van der Waals surface area contributed by atoms with Crippen molar-refractivity contribution in [2.45, 2.75) is 51.3 Å². The molecule has 1 heterocycles. The Morgan fingerprint density at radius 3 is 2.50 bits per heavy atom. The molecule has 0 radical (unpaired) electrons. The highest BCUT2D eigenvalue weighted by molar-refractivity contribution is 5.81. The number of carbonyl (C=O) groups excluding carboxylic acids is 2. The summed E-state index contributed by atoms with van der Waals surface area (Å²) in [6, 6.07) is -1.05. The third-order valence-electron chi connectivity index (χ3n) is 2.87. The average molecular weight is 284 g/mol. The summed E-state index contributed by atoms with van der Waals surface area (Å²) in [5, 5.41) is 3.61. The van der Waals surface area contributed by atoms with Gasteiger partial charge in [-0.2, -0.15) is 0 Å². The van der Waals surface area contributed by atoms with Gasteiger partial charge in [0, 0.05) is 11.5 Å². The number of hydrogen-bond donors (Lipinski definition) is 0. The van der Waals surface area contributed by atoms with Crippen molar-refractivity contribution in [3.63, 3.8) is 0 Å². The van der Waals surface area contributed by atoms with Crippen molar-refractivity contribution in [1.82, 2.24) is 4.90 Å². The molecule has 20 heavy (non-hydrogen) atoms. The van der Waals surface area contributed by atoms with Crippen LogP contribution in [0.4, 0.5) is 4.79 Å². The van der Waals surface area contributed by atoms with Crippen LogP contribution in [0.2, 0.25) is 0 Å². The van der Waals surface area contributed by atoms with Crippen molar-refractivity contribution in [2.24, 2.45) is 5.11 Å². The van der Waals surface area contributed by atoms with E-state index in [4.69, 9.17) is 15.0 Å². The van der Waals surface area contributed by atoms with Gasteiger partial charge in [-0.3, -0.25) is 4.90 Å². The maximum absolute atomic E-state index is 12.2. The minimum atomic E-state index is -0.694. The zero-order valence-electron chi connectivity index (χ0n) is 12.2. The Morgan fingerprint density at radius 2 is 2.00 bits per heavy atom. The van der Waals surface area contributed by atoms with Gasteiger partial charge in [-0.15, -0.1) is 0 Å². The number of likely N-dealkylation sites (tertiary alicyclic amines) is 1. The Morgan fingerprint density at radius 1 is 1.35 bits per heavy atom. The van der Waals surface area contributed by atoms with E-state index in [0.29, 0.717) is 12.8 Å². The fraction of sp³-hybridized carbons (Fsp3) is 0.833. The van der Waals surface area contributed by atoms with Crippen LogP contribution in [0.1, 0.15) is 33.6 Å². The quantitative estimate of drug-likeness (QED) is 0.335. The molecule has 1 saturated heterocycles. The molecule has 1 rings (SSSR count). The van der Waals surface area contributed by atoms with Gasteiger partial charge in [-0.25, -0.2) is 9.59 Å². The van der Waals surface area contributed by atoms with Gasteiger partial charge in [-0.05, 0) is 39.1 Å². The Balaban J connectivity index is 2.88. The number of amides is 1. The van der Waals surface area contributed by atoms with E-state index in [1.807, 2.05) is 0 Å². The number of nitrogens with zero attached hydrogens (tertiary/aromatic N) is 4. The smallest absolute Gasteiger partial charge is 0.411 e. The first-order chi connectivity index (χ1) is 9.28. The molecule has 0 saturated carbocycles. The monoisotopic (exact) mass is 284 g/mol. The third kappa shape index (κ3) is 4.31. The van der Waals surface area contributed by atoms with Gasteiger partial charge in [-0.1, -0.05) is 5.11 Å². The van der Waals surface area contributed by atoms with Crippen LogP contribution in [0, 0.1) is 0 Å². The highest BCUT2D eigenvalue weighted by Gasteiger charge is 2.38. The van der Waals surface area contributed by atoms with Crippen LogP contribution in [0.15, 0.2) is 5.11 Å². The fourth-order valence-corrected chi connectivity index (χ4v) is 2.02. The van der Waals surface area contributed by atoms with Gasteiger partial charge in [0.25, 0.3) is 0 Å². The van der Waals surface area contributed by atoms with Crippen molar-refractivity contribution in [3.8, 4) is 0 Å². The molecule has 1 fully saturated rings. The van der Waals surface area contributed by atoms with Crippen LogP contribution in [-0.4, -0.2) is 48.3 Å². The minimum Gasteiger partial charge on any atom is -0.467 e. The van der Waals surface area contributed by atoms with Gasteiger partial charge in [0.2, 0.25) is 0 Å². The third-order valence-corrected chi connectivity index (χ3v) is 2.87. The van der Waals surface area contributed by atoms with Crippen molar-refractivity contribution < 1.29 is 19.1 Å². The molecular formula is C12H20N4O4. The summed E-state index contributed by atoms with van der Waals surface area (Å²) in [5.74, 6) is -0.491. The molecule has 0 spiro atoms. The maximum Gasteiger partial charge on any atom is 0.411 e. The highest BCUT2D eigenvalue weighted by Crippen LogP contribution is 2.23. The summed E-state index contributed by atoms with van der Waals surface area (Å²) in [6.07, 6.45) is 0.310. The van der Waals surface area contributed by atoms with Crippen LogP contribution >= 0.6 is 0 Å². The first kappa shape index (κ1) is 16.1. The summed E-state index contributed by atoms with van der Waals surface area (Å²) in [6.45, 7) is 5.38. The molecule has 1 amide bonds. The standard InChI is InChI=1S/C12H20N4O4/c1-12(2,3)20-11(18)16-7-8(14-15-13)5-6-9(16)10(17)19-4/h8-9H,5-7H2,1-4H3/t8-,9+/m0/s1. The second kappa shape index (κ2) is 6.47. The van der Waals surface area contributed by atoms with Crippen LogP contribution in [-0.2, 0) is 14.3 Å². The molecule has 1 aliphatic heterocycles. The lowest BCUT2D eigenvalue weighted by atomic mass is 9.99. The number of hydrogen-bond acceptors (Lipinski definition) is 5. The molecule has 8 heteroatoms. The normalized spacial score (nSPS) is 22.7. The molecule has 0 N–H and O–H groups in total. The Bertz CT molecular complexity index is 426. The van der Waals surface area contributed by atoms with Crippen LogP contribution in [0.25, 0.3) is 10.4 Å². The van der Waals surface area contributed by atoms with Crippen molar-refractivity contribution >= 4 is 12.1 Å². The highest BCUT2D eigenvalue weighted by atomic mass is 16.6. The van der Waals surface area contributed by atoms with E-state index in [9.17, 15) is 9.59 Å². The number of carbonyl (C=O) groups is 2. The van der Waals surface area contributed by atoms with Crippen LogP contribution < -0.4 is 0 Å². The van der Waals surface area contributed by atoms with E-state index in [1.54, 1.807) is 20.8 Å². The molecule has 2 atom stereocenters. The molecule has 1 aliphatic rings. The zero-order chi connectivity index (χ0) is 15.3. The van der Waals surface area contributed by atoms with E-state index >= 15 is 0 Å². The molecule has 0 aromatic heterocycles. The maximum atomic E-state index is 12.2. The van der Waals surface area contributed by atoms with Gasteiger partial charge in [0.05, 0.1) is 13.2 Å². The van der Waals surface area contributed by atoms with Gasteiger partial charge in [0.1, 0.15) is 11.6 Å². The first-order valence-corrected chi connectivity index (χ1v) is 6.40. The topological polar surface area (TPSA) is 105 Å². The number of azide groups is 1. The molecule has 0 aliphatic carbocycles. The predicted molar refractivity (Wildman–Crippen MR) is 70.9 cm³/mol. The van der Waals surface area contributed by atoms with Crippen molar-refractivity contribution in [1.29, 1.82) is 0 Å². The van der Waals surface area contributed by atoms with E-state index in [0.717, 1.165) is 0 Å². The second-order valence-corrected chi connectivity index (χ2v) is 5.61. The molecular weight excluding hydrogens is 264 g/mol. The SMILES string of the molecule is COC(=O)[C@H]1CC[C@H](N=[N+]=[N-])CN1C(=O)OC(C)(C)C. The lowest BCUT2D eigenvalue weighted by molar-refractivity contribution is -0.148. The molecule has 0 bridgehead atoms. The van der Waals surface area contributed by atoms with Crippen molar-refractivity contribution in [3.05, 3.63) is 10.4 Å². The minimum absolute atomic E-state index is 0.152. The van der Waals surface area contributed by atoms with E-state index in [1.165, 1.54) is 12.0 Å². The van der Waals surface area contributed by atoms with Crippen LogP contribution in [0.5, 0.6) is 0 Å². The molecule has 112 valence electrons. The summed E-state index contributed by atoms with van der Waals surface area (Å²) in [7, 11) is 1.27. The van der Waals surface area contributed by atoms with Gasteiger partial charge >= 0.3 is 12.1 Å².